The zero-order valence-electron chi connectivity index (χ0n) is 12.2. The van der Waals surface area contributed by atoms with Gasteiger partial charge in [0, 0.05) is 20.1 Å². The smallest absolute Gasteiger partial charge is 0.354 e. The van der Waals surface area contributed by atoms with E-state index < -0.39 is 11.9 Å². The third-order valence-electron chi connectivity index (χ3n) is 3.27. The molecule has 0 spiro atoms. The van der Waals surface area contributed by atoms with Crippen molar-refractivity contribution in [2.75, 3.05) is 39.9 Å². The lowest BCUT2D eigenvalue weighted by Crippen LogP contribution is -2.46. The highest BCUT2D eigenvalue weighted by Crippen LogP contribution is 2.05. The fourth-order valence-corrected chi connectivity index (χ4v) is 2.06. The molecule has 0 saturated carbocycles. The predicted molar refractivity (Wildman–Crippen MR) is 75.6 cm³/mol. The zero-order chi connectivity index (χ0) is 16.1. The maximum atomic E-state index is 12.2. The number of morpholine rings is 1. The van der Waals surface area contributed by atoms with E-state index in [0.717, 1.165) is 0 Å². The molecule has 2 rings (SSSR count). The van der Waals surface area contributed by atoms with Gasteiger partial charge in [-0.1, -0.05) is 6.07 Å². The molecule has 0 aliphatic carbocycles. The number of nitrogens with zero attached hydrogens (tertiary/aromatic N) is 3. The first-order chi connectivity index (χ1) is 10.5. The van der Waals surface area contributed by atoms with E-state index in [1.165, 1.54) is 30.1 Å². The highest BCUT2D eigenvalue weighted by molar-refractivity contribution is 5.96. The molecule has 0 atom stereocenters. The Labute approximate surface area is 127 Å². The molecular weight excluding hydrogens is 290 g/mol. The maximum Gasteiger partial charge on any atom is 0.354 e. The lowest BCUT2D eigenvalue weighted by Gasteiger charge is -2.28. The van der Waals surface area contributed by atoms with Crippen LogP contribution in [0.25, 0.3) is 0 Å². The number of ether oxygens (including phenoxy) is 1. The lowest BCUT2D eigenvalue weighted by atomic mass is 10.2. The normalized spacial score (nSPS) is 14.5. The fourth-order valence-electron chi connectivity index (χ4n) is 2.06. The van der Waals surface area contributed by atoms with Crippen LogP contribution in [0, 0.1) is 0 Å². The number of carbonyl (C=O) groups excluding carboxylic acids is 2. The molecule has 22 heavy (non-hydrogen) atoms. The molecule has 118 valence electrons. The summed E-state index contributed by atoms with van der Waals surface area (Å²) in [6.07, 6.45) is 0. The monoisotopic (exact) mass is 307 g/mol. The average Bonchev–Trinajstić information content (AvgIpc) is 2.54. The second kappa shape index (κ2) is 6.99. The first-order valence-electron chi connectivity index (χ1n) is 6.80. The number of hydrogen-bond acceptors (Lipinski definition) is 5. The van der Waals surface area contributed by atoms with E-state index in [9.17, 15) is 14.4 Å². The predicted octanol–water partition coefficient (Wildman–Crippen LogP) is -0.289. The standard InChI is InChI=1S/C14H17N3O5/c1-16(9-12(18)17-5-7-22-8-6-17)13(19)10-3-2-4-11(15-10)14(20)21/h2-4H,5-9H2,1H3,(H,20,21). The van der Waals surface area contributed by atoms with E-state index in [-0.39, 0.29) is 23.8 Å². The maximum absolute atomic E-state index is 12.2. The van der Waals surface area contributed by atoms with E-state index in [2.05, 4.69) is 4.98 Å². The Hall–Kier alpha value is -2.48. The van der Waals surface area contributed by atoms with Crippen LogP contribution in [0.4, 0.5) is 0 Å². The molecular formula is C14H17N3O5. The van der Waals surface area contributed by atoms with Crippen molar-refractivity contribution in [3.05, 3.63) is 29.6 Å². The van der Waals surface area contributed by atoms with E-state index in [0.29, 0.717) is 26.3 Å². The fraction of sp³-hybridized carbons (Fsp3) is 0.429. The molecule has 0 radical (unpaired) electrons. The van der Waals surface area contributed by atoms with Gasteiger partial charge in [-0.05, 0) is 12.1 Å². The third kappa shape index (κ3) is 3.79. The van der Waals surface area contributed by atoms with Crippen molar-refractivity contribution in [2.24, 2.45) is 0 Å². The van der Waals surface area contributed by atoms with Gasteiger partial charge in [-0.15, -0.1) is 0 Å². The Morgan fingerprint density at radius 1 is 1.27 bits per heavy atom. The quantitative estimate of drug-likeness (QED) is 0.820. The minimum atomic E-state index is -1.21. The summed E-state index contributed by atoms with van der Waals surface area (Å²) in [5.74, 6) is -1.88. The molecule has 1 aromatic rings. The van der Waals surface area contributed by atoms with Gasteiger partial charge in [-0.25, -0.2) is 9.78 Å². The molecule has 1 fully saturated rings. The zero-order valence-corrected chi connectivity index (χ0v) is 12.2. The van der Waals surface area contributed by atoms with Gasteiger partial charge in [-0.2, -0.15) is 0 Å². The molecule has 1 saturated heterocycles. The number of pyridine rings is 1. The number of carboxylic acids is 1. The summed E-state index contributed by atoms with van der Waals surface area (Å²) >= 11 is 0. The average molecular weight is 307 g/mol. The van der Waals surface area contributed by atoms with Crippen LogP contribution in [0.15, 0.2) is 18.2 Å². The highest BCUT2D eigenvalue weighted by Gasteiger charge is 2.22. The summed E-state index contributed by atoms with van der Waals surface area (Å²) in [7, 11) is 1.48. The lowest BCUT2D eigenvalue weighted by molar-refractivity contribution is -0.135. The molecule has 1 aromatic heterocycles. The second-order valence-corrected chi connectivity index (χ2v) is 4.87. The number of aromatic carboxylic acids is 1. The van der Waals surface area contributed by atoms with Crippen molar-refractivity contribution in [2.45, 2.75) is 0 Å². The summed E-state index contributed by atoms with van der Waals surface area (Å²) in [5, 5.41) is 8.89. The number of rotatable bonds is 4. The van der Waals surface area contributed by atoms with Gasteiger partial charge < -0.3 is 19.6 Å². The van der Waals surface area contributed by atoms with Crippen LogP contribution in [0.3, 0.4) is 0 Å². The Morgan fingerprint density at radius 2 is 1.91 bits per heavy atom. The Bertz CT molecular complexity index is 584. The van der Waals surface area contributed by atoms with Crippen molar-refractivity contribution >= 4 is 17.8 Å². The molecule has 0 aromatic carbocycles. The Balaban J connectivity index is 2.00. The molecule has 0 bridgehead atoms. The summed E-state index contributed by atoms with van der Waals surface area (Å²) in [6.45, 7) is 1.91. The van der Waals surface area contributed by atoms with Crippen molar-refractivity contribution in [1.29, 1.82) is 0 Å². The second-order valence-electron chi connectivity index (χ2n) is 4.87. The van der Waals surface area contributed by atoms with Crippen molar-refractivity contribution in [3.63, 3.8) is 0 Å². The molecule has 8 nitrogen and oxygen atoms in total. The summed E-state index contributed by atoms with van der Waals surface area (Å²) in [6, 6.07) is 4.17. The van der Waals surface area contributed by atoms with Crippen LogP contribution in [0.1, 0.15) is 21.0 Å². The first-order valence-corrected chi connectivity index (χ1v) is 6.80. The summed E-state index contributed by atoms with van der Waals surface area (Å²) < 4.78 is 5.17. The molecule has 1 aliphatic heterocycles. The summed E-state index contributed by atoms with van der Waals surface area (Å²) in [5.41, 5.74) is -0.212. The highest BCUT2D eigenvalue weighted by atomic mass is 16.5. The van der Waals surface area contributed by atoms with Gasteiger partial charge in [0.2, 0.25) is 5.91 Å². The molecule has 8 heteroatoms. The number of carbonyl (C=O) groups is 3. The van der Waals surface area contributed by atoms with Crippen LogP contribution in [-0.4, -0.2) is 77.6 Å². The number of hydrogen-bond donors (Lipinski definition) is 1. The molecule has 0 unspecified atom stereocenters. The minimum absolute atomic E-state index is 0.00261. The summed E-state index contributed by atoms with van der Waals surface area (Å²) in [4.78, 5) is 41.8. The largest absolute Gasteiger partial charge is 0.477 e. The van der Waals surface area contributed by atoms with Gasteiger partial charge in [-0.3, -0.25) is 9.59 Å². The van der Waals surface area contributed by atoms with E-state index in [1.807, 2.05) is 0 Å². The number of likely N-dealkylation sites (N-methyl/N-ethyl adjacent to an activating group) is 1. The van der Waals surface area contributed by atoms with Crippen molar-refractivity contribution in [3.8, 4) is 0 Å². The molecule has 1 N–H and O–H groups in total. The van der Waals surface area contributed by atoms with Crippen molar-refractivity contribution in [1.82, 2.24) is 14.8 Å². The number of carboxylic acid groups (broad SMARTS) is 1. The molecule has 1 aliphatic rings. The van der Waals surface area contributed by atoms with Crippen LogP contribution in [-0.2, 0) is 9.53 Å². The SMILES string of the molecule is CN(CC(=O)N1CCOCC1)C(=O)c1cccc(C(=O)O)n1. The van der Waals surface area contributed by atoms with E-state index in [4.69, 9.17) is 9.84 Å². The Kier molecular flexibility index (Phi) is 5.05. The van der Waals surface area contributed by atoms with Crippen LogP contribution >= 0.6 is 0 Å². The minimum Gasteiger partial charge on any atom is -0.477 e. The van der Waals surface area contributed by atoms with Gasteiger partial charge >= 0.3 is 5.97 Å². The molecule has 2 heterocycles. The van der Waals surface area contributed by atoms with E-state index in [1.54, 1.807) is 4.90 Å². The van der Waals surface area contributed by atoms with Gasteiger partial charge in [0.25, 0.3) is 5.91 Å². The van der Waals surface area contributed by atoms with Gasteiger partial charge in [0.05, 0.1) is 19.8 Å². The number of aromatic nitrogens is 1. The van der Waals surface area contributed by atoms with Crippen molar-refractivity contribution < 1.29 is 24.2 Å². The number of amides is 2. The van der Waals surface area contributed by atoms with Gasteiger partial charge in [0.1, 0.15) is 11.4 Å². The molecule has 2 amide bonds. The first kappa shape index (κ1) is 15.9. The van der Waals surface area contributed by atoms with E-state index >= 15 is 0 Å². The van der Waals surface area contributed by atoms with Crippen LogP contribution in [0.2, 0.25) is 0 Å². The van der Waals surface area contributed by atoms with Gasteiger partial charge in [0.15, 0.2) is 0 Å². The van der Waals surface area contributed by atoms with Crippen LogP contribution in [0.5, 0.6) is 0 Å². The Morgan fingerprint density at radius 3 is 2.55 bits per heavy atom. The third-order valence-corrected chi connectivity index (χ3v) is 3.27. The van der Waals surface area contributed by atoms with Crippen LogP contribution < -0.4 is 0 Å². The topological polar surface area (TPSA) is 100 Å².